The summed E-state index contributed by atoms with van der Waals surface area (Å²) in [6.07, 6.45) is 8.48. The van der Waals surface area contributed by atoms with Crippen LogP contribution in [0.2, 0.25) is 0 Å². The number of nitrogens with zero attached hydrogens (tertiary/aromatic N) is 1. The van der Waals surface area contributed by atoms with Crippen molar-refractivity contribution in [2.75, 3.05) is 13.2 Å². The van der Waals surface area contributed by atoms with E-state index in [1.807, 2.05) is 49.4 Å². The summed E-state index contributed by atoms with van der Waals surface area (Å²) in [5.74, 6) is -0.245. The first-order chi connectivity index (χ1) is 13.1. The molecule has 2 amide bonds. The lowest BCUT2D eigenvalue weighted by atomic mass is 9.73. The number of benzene rings is 1. The SMILES string of the molecule is CC1=CC(=O)NC2=CC(=NC(=O)C3(c4ccccc4)CCOCC3)C=CC12. The summed E-state index contributed by atoms with van der Waals surface area (Å²) in [5.41, 5.74) is 2.66. The molecule has 4 rings (SSSR count). The lowest BCUT2D eigenvalue weighted by molar-refractivity contribution is -0.126. The van der Waals surface area contributed by atoms with E-state index in [4.69, 9.17) is 4.74 Å². The molecular weight excluding hydrogens is 340 g/mol. The zero-order valence-electron chi connectivity index (χ0n) is 15.3. The Morgan fingerprint density at radius 3 is 2.67 bits per heavy atom. The highest BCUT2D eigenvalue weighted by Gasteiger charge is 2.41. The third kappa shape index (κ3) is 3.30. The predicted molar refractivity (Wildman–Crippen MR) is 103 cm³/mol. The first-order valence-electron chi connectivity index (χ1n) is 9.24. The minimum atomic E-state index is -0.651. The smallest absolute Gasteiger partial charge is 0.257 e. The zero-order chi connectivity index (χ0) is 18.9. The number of nitrogens with one attached hydrogen (secondary N) is 1. The number of carbonyl (C=O) groups excluding carboxylic acids is 2. The van der Waals surface area contributed by atoms with E-state index >= 15 is 0 Å². The van der Waals surface area contributed by atoms with E-state index in [2.05, 4.69) is 10.3 Å². The van der Waals surface area contributed by atoms with Crippen molar-refractivity contribution in [2.45, 2.75) is 25.2 Å². The molecule has 5 heteroatoms. The highest BCUT2D eigenvalue weighted by Crippen LogP contribution is 2.36. The van der Waals surface area contributed by atoms with E-state index in [9.17, 15) is 9.59 Å². The number of ether oxygens (including phenoxy) is 1. The van der Waals surface area contributed by atoms with Crippen LogP contribution in [0.5, 0.6) is 0 Å². The van der Waals surface area contributed by atoms with Crippen LogP contribution in [0.15, 0.2) is 70.9 Å². The molecule has 0 radical (unpaired) electrons. The van der Waals surface area contributed by atoms with E-state index in [1.165, 1.54) is 0 Å². The minimum Gasteiger partial charge on any atom is -0.381 e. The summed E-state index contributed by atoms with van der Waals surface area (Å²) >= 11 is 0. The molecule has 0 spiro atoms. The number of aliphatic imine (C=N–C) groups is 1. The Kier molecular flexibility index (Phi) is 4.62. The van der Waals surface area contributed by atoms with Crippen molar-refractivity contribution in [3.8, 4) is 0 Å². The molecule has 27 heavy (non-hydrogen) atoms. The molecule has 3 aliphatic rings. The highest BCUT2D eigenvalue weighted by atomic mass is 16.5. The second-order valence-electron chi connectivity index (χ2n) is 7.22. The molecule has 5 nitrogen and oxygen atoms in total. The van der Waals surface area contributed by atoms with Crippen molar-refractivity contribution in [1.29, 1.82) is 0 Å². The van der Waals surface area contributed by atoms with Crippen molar-refractivity contribution in [3.05, 3.63) is 71.5 Å². The first-order valence-corrected chi connectivity index (χ1v) is 9.24. The first kappa shape index (κ1) is 17.6. The topological polar surface area (TPSA) is 67.8 Å². The van der Waals surface area contributed by atoms with Crippen molar-refractivity contribution in [1.82, 2.24) is 5.32 Å². The number of amides is 2. The van der Waals surface area contributed by atoms with Gasteiger partial charge in [-0.1, -0.05) is 42.0 Å². The fourth-order valence-corrected chi connectivity index (χ4v) is 3.98. The van der Waals surface area contributed by atoms with Crippen molar-refractivity contribution >= 4 is 17.5 Å². The molecule has 1 aromatic rings. The van der Waals surface area contributed by atoms with Crippen LogP contribution >= 0.6 is 0 Å². The van der Waals surface area contributed by atoms with Crippen LogP contribution in [0.25, 0.3) is 0 Å². The average Bonchev–Trinajstić information content (AvgIpc) is 2.68. The van der Waals surface area contributed by atoms with Crippen LogP contribution in [0.1, 0.15) is 25.3 Å². The Labute approximate surface area is 158 Å². The van der Waals surface area contributed by atoms with Gasteiger partial charge in [-0.05, 0) is 37.5 Å². The molecule has 2 heterocycles. The summed E-state index contributed by atoms with van der Waals surface area (Å²) in [6, 6.07) is 9.83. The zero-order valence-corrected chi connectivity index (χ0v) is 15.3. The monoisotopic (exact) mass is 362 g/mol. The van der Waals surface area contributed by atoms with Gasteiger partial charge in [0.25, 0.3) is 5.91 Å². The molecule has 1 saturated heterocycles. The number of rotatable bonds is 2. The molecule has 1 unspecified atom stereocenters. The fourth-order valence-electron chi connectivity index (χ4n) is 3.98. The van der Waals surface area contributed by atoms with Gasteiger partial charge in [0.1, 0.15) is 0 Å². The van der Waals surface area contributed by atoms with E-state index in [0.717, 1.165) is 16.8 Å². The maximum Gasteiger partial charge on any atom is 0.257 e. The summed E-state index contributed by atoms with van der Waals surface area (Å²) in [6.45, 7) is 3.02. The van der Waals surface area contributed by atoms with Gasteiger partial charge in [-0.3, -0.25) is 9.59 Å². The van der Waals surface area contributed by atoms with E-state index < -0.39 is 5.41 Å². The Hall–Kier alpha value is -2.79. The van der Waals surface area contributed by atoms with Gasteiger partial charge >= 0.3 is 0 Å². The van der Waals surface area contributed by atoms with Crippen LogP contribution in [-0.4, -0.2) is 30.7 Å². The summed E-state index contributed by atoms with van der Waals surface area (Å²) in [4.78, 5) is 29.5. The normalized spacial score (nSPS) is 25.3. The second kappa shape index (κ2) is 7.08. The second-order valence-corrected chi connectivity index (χ2v) is 7.22. The molecule has 1 N–H and O–H groups in total. The molecule has 1 aromatic carbocycles. The van der Waals surface area contributed by atoms with Gasteiger partial charge in [0.05, 0.1) is 11.1 Å². The van der Waals surface area contributed by atoms with Gasteiger partial charge in [0, 0.05) is 30.9 Å². The van der Waals surface area contributed by atoms with Crippen LogP contribution < -0.4 is 5.32 Å². The molecule has 0 saturated carbocycles. The Morgan fingerprint density at radius 2 is 1.93 bits per heavy atom. The maximum atomic E-state index is 13.3. The molecule has 1 aliphatic carbocycles. The molecule has 0 bridgehead atoms. The predicted octanol–water partition coefficient (Wildman–Crippen LogP) is 2.85. The number of hydrogen-bond acceptors (Lipinski definition) is 3. The molecule has 0 aromatic heterocycles. The van der Waals surface area contributed by atoms with Gasteiger partial charge in [-0.15, -0.1) is 0 Å². The molecule has 1 fully saturated rings. The summed E-state index contributed by atoms with van der Waals surface area (Å²) < 4.78 is 5.50. The quantitative estimate of drug-likeness (QED) is 0.880. The highest BCUT2D eigenvalue weighted by molar-refractivity contribution is 6.12. The molecule has 2 aliphatic heterocycles. The molecular formula is C22H22N2O3. The minimum absolute atomic E-state index is 0.0444. The van der Waals surface area contributed by atoms with Crippen molar-refractivity contribution < 1.29 is 14.3 Å². The Morgan fingerprint density at radius 1 is 1.19 bits per heavy atom. The van der Waals surface area contributed by atoms with Gasteiger partial charge < -0.3 is 10.1 Å². The van der Waals surface area contributed by atoms with E-state index in [-0.39, 0.29) is 17.7 Å². The lowest BCUT2D eigenvalue weighted by Gasteiger charge is -2.34. The van der Waals surface area contributed by atoms with Crippen LogP contribution in [-0.2, 0) is 19.7 Å². The standard InChI is InChI=1S/C22H22N2O3/c1-15-13-20(25)24-19-14-17(7-8-18(15)19)23-21(26)22(9-11-27-12-10-22)16-5-3-2-4-6-16/h2-8,13-14,18H,9-12H2,1H3,(H,24,25). The summed E-state index contributed by atoms with van der Waals surface area (Å²) in [7, 11) is 0. The number of allylic oxidation sites excluding steroid dienone is 3. The van der Waals surface area contributed by atoms with Crippen LogP contribution in [0.4, 0.5) is 0 Å². The third-order valence-electron chi connectivity index (χ3n) is 5.53. The van der Waals surface area contributed by atoms with Gasteiger partial charge in [-0.2, -0.15) is 0 Å². The lowest BCUT2D eigenvalue weighted by Crippen LogP contribution is -2.41. The fraction of sp³-hybridized carbons (Fsp3) is 0.318. The van der Waals surface area contributed by atoms with Crippen molar-refractivity contribution in [3.63, 3.8) is 0 Å². The van der Waals surface area contributed by atoms with Crippen LogP contribution in [0, 0.1) is 5.92 Å². The van der Waals surface area contributed by atoms with Gasteiger partial charge in [0.15, 0.2) is 0 Å². The number of carbonyl (C=O) groups is 2. The third-order valence-corrected chi connectivity index (χ3v) is 5.53. The summed E-state index contributed by atoms with van der Waals surface area (Å²) in [5, 5.41) is 2.86. The van der Waals surface area contributed by atoms with Gasteiger partial charge in [-0.25, -0.2) is 4.99 Å². The van der Waals surface area contributed by atoms with Crippen LogP contribution in [0.3, 0.4) is 0 Å². The number of hydrogen-bond donors (Lipinski definition) is 1. The average molecular weight is 362 g/mol. The van der Waals surface area contributed by atoms with Gasteiger partial charge in [0.2, 0.25) is 5.91 Å². The Balaban J connectivity index is 1.67. The van der Waals surface area contributed by atoms with E-state index in [1.54, 1.807) is 12.2 Å². The largest absolute Gasteiger partial charge is 0.381 e. The maximum absolute atomic E-state index is 13.3. The number of fused-ring (bicyclic) bond motifs is 1. The Bertz CT molecular complexity index is 887. The molecule has 138 valence electrons. The van der Waals surface area contributed by atoms with Crippen molar-refractivity contribution in [2.24, 2.45) is 10.9 Å². The van der Waals surface area contributed by atoms with E-state index in [0.29, 0.717) is 31.8 Å². The molecule has 1 atom stereocenters.